The van der Waals surface area contributed by atoms with Gasteiger partial charge in [0.2, 0.25) is 0 Å². The van der Waals surface area contributed by atoms with Crippen molar-refractivity contribution in [1.29, 1.82) is 0 Å². The molecule has 0 aromatic carbocycles. The molecule has 0 aliphatic carbocycles. The predicted octanol–water partition coefficient (Wildman–Crippen LogP) is 2.50. The molecule has 0 radical (unpaired) electrons. The highest BCUT2D eigenvalue weighted by Gasteiger charge is 2.15. The molecule has 1 aromatic rings. The molecule has 4 nitrogen and oxygen atoms in total. The first-order valence-corrected chi connectivity index (χ1v) is 7.51. The second-order valence-corrected chi connectivity index (χ2v) is 5.23. The van der Waals surface area contributed by atoms with Crippen LogP contribution in [-0.2, 0) is 11.3 Å². The van der Waals surface area contributed by atoms with E-state index in [-0.39, 0.29) is 0 Å². The summed E-state index contributed by atoms with van der Waals surface area (Å²) in [5.74, 6) is 0. The molecule has 0 aliphatic rings. The van der Waals surface area contributed by atoms with Crippen LogP contribution < -0.4 is 10.2 Å². The molecule has 1 rings (SSSR count). The average molecular weight is 271 g/mol. The van der Waals surface area contributed by atoms with E-state index < -0.39 is 0 Å². The van der Waals surface area contributed by atoms with E-state index >= 15 is 0 Å². The molecule has 0 amide bonds. The summed E-state index contributed by atoms with van der Waals surface area (Å²) in [7, 11) is 1.74. The van der Waals surface area contributed by atoms with E-state index in [0.29, 0.717) is 6.04 Å². The molecule has 18 heavy (non-hydrogen) atoms. The number of anilines is 1. The summed E-state index contributed by atoms with van der Waals surface area (Å²) in [6, 6.07) is 0.364. The van der Waals surface area contributed by atoms with Gasteiger partial charge in [-0.2, -0.15) is 0 Å². The molecule has 0 fully saturated rings. The monoisotopic (exact) mass is 271 g/mol. The molecule has 0 spiro atoms. The van der Waals surface area contributed by atoms with Crippen LogP contribution in [0, 0.1) is 0 Å². The zero-order valence-corrected chi connectivity index (χ0v) is 12.7. The Morgan fingerprint density at radius 2 is 2.28 bits per heavy atom. The van der Waals surface area contributed by atoms with Gasteiger partial charge in [0.05, 0.1) is 18.3 Å². The minimum absolute atomic E-state index is 0.364. The topological polar surface area (TPSA) is 37.4 Å². The molecule has 1 atom stereocenters. The van der Waals surface area contributed by atoms with Crippen LogP contribution in [0.3, 0.4) is 0 Å². The number of nitrogens with one attached hydrogen (secondary N) is 1. The van der Waals surface area contributed by atoms with Crippen molar-refractivity contribution < 1.29 is 4.74 Å². The highest BCUT2D eigenvalue weighted by Crippen LogP contribution is 2.22. The third-order valence-corrected chi connectivity index (χ3v) is 3.73. The van der Waals surface area contributed by atoms with E-state index in [0.717, 1.165) is 43.5 Å². The number of likely N-dealkylation sites (N-methyl/N-ethyl adjacent to an activating group) is 1. The van der Waals surface area contributed by atoms with Crippen molar-refractivity contribution >= 4 is 16.5 Å². The molecule has 1 unspecified atom stereocenters. The van der Waals surface area contributed by atoms with Crippen molar-refractivity contribution in [3.05, 3.63) is 11.1 Å². The molecule has 0 saturated heterocycles. The number of hydrogen-bond donors (Lipinski definition) is 1. The van der Waals surface area contributed by atoms with Crippen LogP contribution in [0.1, 0.15) is 32.9 Å². The first-order chi connectivity index (χ1) is 8.72. The maximum Gasteiger partial charge on any atom is 0.185 e. The number of nitrogens with zero attached hydrogens (tertiary/aromatic N) is 2. The summed E-state index contributed by atoms with van der Waals surface area (Å²) in [6.07, 6.45) is 1.16. The van der Waals surface area contributed by atoms with E-state index in [9.17, 15) is 0 Å². The van der Waals surface area contributed by atoms with Crippen molar-refractivity contribution in [2.24, 2.45) is 0 Å². The number of methoxy groups -OCH3 is 1. The van der Waals surface area contributed by atoms with Gasteiger partial charge >= 0.3 is 0 Å². The lowest BCUT2D eigenvalue weighted by molar-refractivity contribution is 0.182. The Morgan fingerprint density at radius 3 is 2.89 bits per heavy atom. The lowest BCUT2D eigenvalue weighted by Crippen LogP contribution is -2.36. The molecule has 1 heterocycles. The van der Waals surface area contributed by atoms with Crippen LogP contribution in [-0.4, -0.2) is 37.8 Å². The second-order valence-electron chi connectivity index (χ2n) is 4.39. The number of thiazole rings is 1. The van der Waals surface area contributed by atoms with E-state index in [1.807, 2.05) is 0 Å². The number of ether oxygens (including phenoxy) is 1. The summed E-state index contributed by atoms with van der Waals surface area (Å²) < 4.78 is 5.22. The summed E-state index contributed by atoms with van der Waals surface area (Å²) in [5, 5.41) is 6.61. The van der Waals surface area contributed by atoms with Crippen LogP contribution in [0.4, 0.5) is 5.13 Å². The van der Waals surface area contributed by atoms with E-state index in [4.69, 9.17) is 4.74 Å². The van der Waals surface area contributed by atoms with Gasteiger partial charge in [-0.15, -0.1) is 11.3 Å². The summed E-state index contributed by atoms with van der Waals surface area (Å²) in [4.78, 5) is 6.97. The molecule has 5 heteroatoms. The standard InChI is InChI=1S/C13H25N3OS/c1-5-7-14-8-12-10-18-13(15-12)16(6-2)11(3)9-17-4/h10-11,14H,5-9H2,1-4H3. The van der Waals surface area contributed by atoms with Gasteiger partial charge in [-0.05, 0) is 26.8 Å². The minimum atomic E-state index is 0.364. The van der Waals surface area contributed by atoms with Crippen LogP contribution in [0.25, 0.3) is 0 Å². The average Bonchev–Trinajstić information content (AvgIpc) is 2.79. The normalized spacial score (nSPS) is 12.7. The molecule has 1 aromatic heterocycles. The van der Waals surface area contributed by atoms with Crippen LogP contribution in [0.5, 0.6) is 0 Å². The van der Waals surface area contributed by atoms with Crippen molar-refractivity contribution in [3.8, 4) is 0 Å². The van der Waals surface area contributed by atoms with Crippen molar-refractivity contribution in [2.75, 3.05) is 31.7 Å². The van der Waals surface area contributed by atoms with Crippen molar-refractivity contribution in [1.82, 2.24) is 10.3 Å². The van der Waals surface area contributed by atoms with E-state index in [2.05, 4.69) is 41.4 Å². The van der Waals surface area contributed by atoms with Gasteiger partial charge in [0.1, 0.15) is 0 Å². The zero-order chi connectivity index (χ0) is 13.4. The van der Waals surface area contributed by atoms with Crippen LogP contribution >= 0.6 is 11.3 Å². The van der Waals surface area contributed by atoms with Crippen LogP contribution in [0.2, 0.25) is 0 Å². The SMILES string of the molecule is CCCNCc1csc(N(CC)C(C)COC)n1. The zero-order valence-electron chi connectivity index (χ0n) is 11.9. The molecular weight excluding hydrogens is 246 g/mol. The molecule has 0 aliphatic heterocycles. The largest absolute Gasteiger partial charge is 0.383 e. The minimum Gasteiger partial charge on any atom is -0.383 e. The fraction of sp³-hybridized carbons (Fsp3) is 0.769. The third-order valence-electron chi connectivity index (χ3n) is 2.80. The summed E-state index contributed by atoms with van der Waals surface area (Å²) >= 11 is 1.71. The van der Waals surface area contributed by atoms with Crippen LogP contribution in [0.15, 0.2) is 5.38 Å². The molecule has 0 saturated carbocycles. The fourth-order valence-electron chi connectivity index (χ4n) is 1.87. The van der Waals surface area contributed by atoms with Gasteiger partial charge in [0.15, 0.2) is 5.13 Å². The van der Waals surface area contributed by atoms with Crippen molar-refractivity contribution in [2.45, 2.75) is 39.8 Å². The summed E-state index contributed by atoms with van der Waals surface area (Å²) in [5.41, 5.74) is 1.13. The van der Waals surface area contributed by atoms with Gasteiger partial charge in [-0.25, -0.2) is 4.98 Å². The maximum absolute atomic E-state index is 5.22. The maximum atomic E-state index is 5.22. The Balaban J connectivity index is 2.58. The fourth-order valence-corrected chi connectivity index (χ4v) is 2.86. The Labute approximate surface area is 114 Å². The van der Waals surface area contributed by atoms with Gasteiger partial charge in [0, 0.05) is 25.6 Å². The predicted molar refractivity (Wildman–Crippen MR) is 78.5 cm³/mol. The Hall–Kier alpha value is -0.650. The lowest BCUT2D eigenvalue weighted by Gasteiger charge is -2.26. The number of aromatic nitrogens is 1. The first kappa shape index (κ1) is 15.4. The van der Waals surface area contributed by atoms with Gasteiger partial charge in [-0.1, -0.05) is 6.92 Å². The first-order valence-electron chi connectivity index (χ1n) is 6.63. The third kappa shape index (κ3) is 4.55. The lowest BCUT2D eigenvalue weighted by atomic mass is 10.3. The Kier molecular flexibility index (Phi) is 7.23. The molecule has 0 bridgehead atoms. The second kappa shape index (κ2) is 8.45. The Bertz CT molecular complexity index is 330. The smallest absolute Gasteiger partial charge is 0.185 e. The highest BCUT2D eigenvalue weighted by molar-refractivity contribution is 7.13. The number of hydrogen-bond acceptors (Lipinski definition) is 5. The molecule has 104 valence electrons. The Morgan fingerprint density at radius 1 is 1.50 bits per heavy atom. The quantitative estimate of drug-likeness (QED) is 0.700. The highest BCUT2D eigenvalue weighted by atomic mass is 32.1. The van der Waals surface area contributed by atoms with E-state index in [1.54, 1.807) is 18.4 Å². The van der Waals surface area contributed by atoms with Gasteiger partial charge in [-0.3, -0.25) is 0 Å². The van der Waals surface area contributed by atoms with Gasteiger partial charge < -0.3 is 15.0 Å². The van der Waals surface area contributed by atoms with Gasteiger partial charge in [0.25, 0.3) is 0 Å². The molecular formula is C13H25N3OS. The van der Waals surface area contributed by atoms with Crippen molar-refractivity contribution in [3.63, 3.8) is 0 Å². The van der Waals surface area contributed by atoms with E-state index in [1.165, 1.54) is 0 Å². The molecule has 1 N–H and O–H groups in total. The number of rotatable bonds is 9. The summed E-state index contributed by atoms with van der Waals surface area (Å²) in [6.45, 7) is 10.1.